The molecule has 0 spiro atoms. The summed E-state index contributed by atoms with van der Waals surface area (Å²) in [4.78, 5) is 1.48. The van der Waals surface area contributed by atoms with Gasteiger partial charge in [-0.15, -0.1) is 0 Å². The molecule has 0 bridgehead atoms. The number of nitrogens with one attached hydrogen (secondary N) is 2. The molecule has 22 heavy (non-hydrogen) atoms. The Labute approximate surface area is 133 Å². The lowest BCUT2D eigenvalue weighted by atomic mass is 10.2. The predicted molar refractivity (Wildman–Crippen MR) is 92.3 cm³/mol. The third kappa shape index (κ3) is 8.07. The fourth-order valence-corrected chi connectivity index (χ4v) is 2.09. The molecule has 126 valence electrons. The van der Waals surface area contributed by atoms with E-state index in [0.717, 1.165) is 51.6 Å². The number of quaternary nitrogens is 1. The predicted octanol–water partition coefficient (Wildman–Crippen LogP) is 0.221. The van der Waals surface area contributed by atoms with E-state index in [1.54, 1.807) is 6.07 Å². The second-order valence-corrected chi connectivity index (χ2v) is 5.39. The molecule has 6 heteroatoms. The Bertz CT molecular complexity index is 415. The van der Waals surface area contributed by atoms with E-state index in [4.69, 9.17) is 20.9 Å². The minimum absolute atomic E-state index is 0.666. The van der Waals surface area contributed by atoms with E-state index >= 15 is 0 Å². The molecule has 1 aromatic rings. The van der Waals surface area contributed by atoms with E-state index in [2.05, 4.69) is 12.4 Å². The molecule has 1 rings (SSSR count). The first-order valence-electron chi connectivity index (χ1n) is 7.99. The summed E-state index contributed by atoms with van der Waals surface area (Å²) in [5, 5.41) is 3.25. The van der Waals surface area contributed by atoms with Crippen molar-refractivity contribution in [1.29, 1.82) is 0 Å². The lowest BCUT2D eigenvalue weighted by Crippen LogP contribution is -3.09. The van der Waals surface area contributed by atoms with Gasteiger partial charge in [0.05, 0.1) is 44.8 Å². The molecule has 0 heterocycles. The second-order valence-electron chi connectivity index (χ2n) is 5.39. The van der Waals surface area contributed by atoms with Gasteiger partial charge >= 0.3 is 0 Å². The quantitative estimate of drug-likeness (QED) is 0.328. The number of hydrogen-bond acceptors (Lipinski definition) is 5. The third-order valence-electron chi connectivity index (χ3n) is 3.41. The number of likely N-dealkylation sites (N-methyl/N-ethyl adjacent to an activating group) is 1. The molecular weight excluding hydrogens is 280 g/mol. The van der Waals surface area contributed by atoms with Crippen molar-refractivity contribution >= 4 is 17.1 Å². The molecule has 0 aliphatic heterocycles. The fourth-order valence-electron chi connectivity index (χ4n) is 2.09. The largest absolute Gasteiger partial charge is 0.399 e. The van der Waals surface area contributed by atoms with Crippen LogP contribution < -0.4 is 21.7 Å². The van der Waals surface area contributed by atoms with Crippen molar-refractivity contribution in [2.24, 2.45) is 0 Å². The van der Waals surface area contributed by atoms with E-state index in [-0.39, 0.29) is 0 Å². The van der Waals surface area contributed by atoms with Crippen molar-refractivity contribution in [2.75, 3.05) is 69.9 Å². The van der Waals surface area contributed by atoms with Gasteiger partial charge in [0.15, 0.2) is 0 Å². The van der Waals surface area contributed by atoms with Crippen LogP contribution in [0.1, 0.15) is 13.3 Å². The minimum atomic E-state index is 0.666. The number of ether oxygens (including phenoxy) is 2. The first-order chi connectivity index (χ1) is 10.6. The van der Waals surface area contributed by atoms with E-state index in [0.29, 0.717) is 18.0 Å². The van der Waals surface area contributed by atoms with Gasteiger partial charge in [0.1, 0.15) is 6.54 Å². The monoisotopic (exact) mass is 311 g/mol. The van der Waals surface area contributed by atoms with Crippen molar-refractivity contribution in [1.82, 2.24) is 0 Å². The van der Waals surface area contributed by atoms with Crippen molar-refractivity contribution in [3.8, 4) is 0 Å². The molecule has 0 saturated carbocycles. The molecule has 0 aromatic heterocycles. The highest BCUT2D eigenvalue weighted by Gasteiger charge is 2.01. The van der Waals surface area contributed by atoms with E-state index in [1.807, 2.05) is 19.1 Å². The van der Waals surface area contributed by atoms with E-state index < -0.39 is 0 Å². The summed E-state index contributed by atoms with van der Waals surface area (Å²) >= 11 is 0. The van der Waals surface area contributed by atoms with Crippen LogP contribution in [-0.4, -0.2) is 53.1 Å². The van der Waals surface area contributed by atoms with Crippen molar-refractivity contribution in [2.45, 2.75) is 13.3 Å². The second kappa shape index (κ2) is 11.1. The maximum atomic E-state index is 5.87. The molecular formula is C16H31N4O2+. The van der Waals surface area contributed by atoms with E-state index in [1.165, 1.54) is 4.90 Å². The maximum absolute atomic E-state index is 5.87. The highest BCUT2D eigenvalue weighted by atomic mass is 16.5. The van der Waals surface area contributed by atoms with Gasteiger partial charge in [-0.3, -0.25) is 0 Å². The van der Waals surface area contributed by atoms with E-state index in [9.17, 15) is 0 Å². The average Bonchev–Trinajstić information content (AvgIpc) is 2.48. The number of hydrogen-bond donors (Lipinski definition) is 4. The van der Waals surface area contributed by atoms with Gasteiger partial charge in [-0.25, -0.2) is 0 Å². The summed E-state index contributed by atoms with van der Waals surface area (Å²) in [6, 6.07) is 5.48. The summed E-state index contributed by atoms with van der Waals surface area (Å²) in [7, 11) is 2.18. The number of nitrogens with two attached hydrogens (primary N) is 2. The number of anilines is 3. The Morgan fingerprint density at radius 1 is 1.09 bits per heavy atom. The van der Waals surface area contributed by atoms with Crippen molar-refractivity contribution in [3.05, 3.63) is 18.2 Å². The number of nitrogen functional groups attached to an aromatic ring is 2. The average molecular weight is 311 g/mol. The zero-order valence-corrected chi connectivity index (χ0v) is 13.9. The van der Waals surface area contributed by atoms with Crippen LogP contribution in [0.2, 0.25) is 0 Å². The van der Waals surface area contributed by atoms with Crippen LogP contribution in [-0.2, 0) is 9.47 Å². The Morgan fingerprint density at radius 3 is 2.64 bits per heavy atom. The summed E-state index contributed by atoms with van der Waals surface area (Å²) in [5.41, 5.74) is 13.8. The van der Waals surface area contributed by atoms with Crippen LogP contribution in [0.25, 0.3) is 0 Å². The summed E-state index contributed by atoms with van der Waals surface area (Å²) in [6.07, 6.45) is 1.06. The molecule has 0 fully saturated rings. The molecule has 6 N–H and O–H groups in total. The fraction of sp³-hybridized carbons (Fsp3) is 0.625. The highest BCUT2D eigenvalue weighted by Crippen LogP contribution is 2.20. The van der Waals surface area contributed by atoms with Gasteiger partial charge in [0.25, 0.3) is 0 Å². The van der Waals surface area contributed by atoms with Crippen LogP contribution in [0.4, 0.5) is 17.1 Å². The lowest BCUT2D eigenvalue weighted by Gasteiger charge is -2.14. The van der Waals surface area contributed by atoms with Crippen LogP contribution >= 0.6 is 0 Å². The molecule has 0 saturated heterocycles. The van der Waals surface area contributed by atoms with Gasteiger partial charge in [0.2, 0.25) is 0 Å². The minimum Gasteiger partial charge on any atom is -0.399 e. The van der Waals surface area contributed by atoms with Gasteiger partial charge in [-0.05, 0) is 25.1 Å². The maximum Gasteiger partial charge on any atom is 0.101 e. The number of benzene rings is 1. The molecule has 6 nitrogen and oxygen atoms in total. The van der Waals surface area contributed by atoms with Crippen molar-refractivity contribution in [3.63, 3.8) is 0 Å². The normalized spacial score (nSPS) is 12.3. The summed E-state index contributed by atoms with van der Waals surface area (Å²) in [6.45, 7) is 7.98. The molecule has 1 atom stereocenters. The third-order valence-corrected chi connectivity index (χ3v) is 3.41. The Hall–Kier alpha value is -1.50. The first-order valence-corrected chi connectivity index (χ1v) is 7.99. The lowest BCUT2D eigenvalue weighted by molar-refractivity contribution is -0.880. The van der Waals surface area contributed by atoms with Crippen LogP contribution in [0.3, 0.4) is 0 Å². The van der Waals surface area contributed by atoms with Gasteiger partial charge in [-0.1, -0.05) is 0 Å². The molecule has 0 aliphatic carbocycles. The van der Waals surface area contributed by atoms with Crippen molar-refractivity contribution < 1.29 is 14.4 Å². The first kappa shape index (κ1) is 18.5. The smallest absolute Gasteiger partial charge is 0.101 e. The Balaban J connectivity index is 1.99. The Morgan fingerprint density at radius 2 is 1.91 bits per heavy atom. The van der Waals surface area contributed by atoms with Gasteiger partial charge in [0, 0.05) is 25.3 Å². The van der Waals surface area contributed by atoms with Crippen LogP contribution in [0.15, 0.2) is 18.2 Å². The van der Waals surface area contributed by atoms with Crippen LogP contribution in [0.5, 0.6) is 0 Å². The standard InChI is InChI=1S/C16H30N4O2/c1-3-21-12-9-20(2)8-4-10-22-11-7-19-16-6-5-14(17)13-15(16)18/h5-6,13,19H,3-4,7-12,17-18H2,1-2H3/p+1. The highest BCUT2D eigenvalue weighted by molar-refractivity contribution is 5.70. The molecule has 1 unspecified atom stereocenters. The Kier molecular flexibility index (Phi) is 9.37. The molecule has 0 radical (unpaired) electrons. The SMILES string of the molecule is CCOCC[NH+](C)CCCOCCNc1ccc(N)cc1N. The summed E-state index contributed by atoms with van der Waals surface area (Å²) in [5.74, 6) is 0. The number of rotatable bonds is 12. The molecule has 1 aromatic carbocycles. The van der Waals surface area contributed by atoms with Gasteiger partial charge in [-0.2, -0.15) is 0 Å². The van der Waals surface area contributed by atoms with Gasteiger partial charge < -0.3 is 31.2 Å². The molecule has 0 amide bonds. The zero-order valence-electron chi connectivity index (χ0n) is 13.9. The van der Waals surface area contributed by atoms with Crippen LogP contribution in [0, 0.1) is 0 Å². The topological polar surface area (TPSA) is 87.0 Å². The summed E-state index contributed by atoms with van der Waals surface area (Å²) < 4.78 is 11.0. The zero-order chi connectivity index (χ0) is 16.2. The molecule has 0 aliphatic rings.